The summed E-state index contributed by atoms with van der Waals surface area (Å²) in [5, 5.41) is 14.1. The Bertz CT molecular complexity index is 535. The Labute approximate surface area is 129 Å². The maximum Gasteiger partial charge on any atom is 0.315 e. The lowest BCUT2D eigenvalue weighted by Crippen LogP contribution is -2.43. The molecule has 7 heteroatoms. The van der Waals surface area contributed by atoms with Crippen molar-refractivity contribution >= 4 is 17.6 Å². The van der Waals surface area contributed by atoms with Gasteiger partial charge in [0.2, 0.25) is 5.91 Å². The van der Waals surface area contributed by atoms with Crippen LogP contribution in [0, 0.1) is 0 Å². The molecule has 7 nitrogen and oxygen atoms in total. The van der Waals surface area contributed by atoms with E-state index in [1.807, 2.05) is 18.2 Å². The fourth-order valence-electron chi connectivity index (χ4n) is 2.35. The molecule has 1 heterocycles. The zero-order valence-corrected chi connectivity index (χ0v) is 12.5. The van der Waals surface area contributed by atoms with E-state index < -0.39 is 0 Å². The summed E-state index contributed by atoms with van der Waals surface area (Å²) in [5.41, 5.74) is 0.759. The number of aliphatic hydroxyl groups is 1. The highest BCUT2D eigenvalue weighted by molar-refractivity contribution is 5.97. The molecule has 2 rings (SSSR count). The van der Waals surface area contributed by atoms with Crippen molar-refractivity contribution < 1.29 is 19.4 Å². The molecule has 1 aliphatic rings. The smallest absolute Gasteiger partial charge is 0.315 e. The molecular weight excluding hydrogens is 286 g/mol. The van der Waals surface area contributed by atoms with E-state index in [4.69, 9.17) is 9.84 Å². The third-order valence-electron chi connectivity index (χ3n) is 3.45. The van der Waals surface area contributed by atoms with Crippen LogP contribution in [0.2, 0.25) is 0 Å². The third-order valence-corrected chi connectivity index (χ3v) is 3.45. The van der Waals surface area contributed by atoms with E-state index in [-0.39, 0.29) is 31.0 Å². The first-order valence-electron chi connectivity index (χ1n) is 7.23. The lowest BCUT2D eigenvalue weighted by atomic mass is 10.2. The normalized spacial score (nSPS) is 17.5. The van der Waals surface area contributed by atoms with Gasteiger partial charge in [-0.05, 0) is 18.6 Å². The molecule has 1 aliphatic heterocycles. The molecule has 0 aliphatic carbocycles. The van der Waals surface area contributed by atoms with Crippen LogP contribution in [0.3, 0.4) is 0 Å². The van der Waals surface area contributed by atoms with E-state index in [9.17, 15) is 9.59 Å². The molecule has 1 aromatic rings. The quantitative estimate of drug-likeness (QED) is 0.667. The Hall–Kier alpha value is -2.28. The largest absolute Gasteiger partial charge is 0.497 e. The van der Waals surface area contributed by atoms with Gasteiger partial charge in [0.05, 0.1) is 13.2 Å². The van der Waals surface area contributed by atoms with Gasteiger partial charge in [-0.1, -0.05) is 6.07 Å². The molecule has 120 valence electrons. The molecule has 1 atom stereocenters. The summed E-state index contributed by atoms with van der Waals surface area (Å²) in [4.78, 5) is 25.4. The van der Waals surface area contributed by atoms with Crippen molar-refractivity contribution in [2.75, 3.05) is 31.7 Å². The van der Waals surface area contributed by atoms with E-state index in [1.54, 1.807) is 18.1 Å². The summed E-state index contributed by atoms with van der Waals surface area (Å²) in [6, 6.07) is 6.72. The summed E-state index contributed by atoms with van der Waals surface area (Å²) < 4.78 is 5.16. The molecule has 1 aromatic carbocycles. The van der Waals surface area contributed by atoms with Crippen molar-refractivity contribution in [2.24, 2.45) is 0 Å². The number of amides is 3. The van der Waals surface area contributed by atoms with Crippen LogP contribution in [0.5, 0.6) is 5.75 Å². The van der Waals surface area contributed by atoms with Gasteiger partial charge in [0.25, 0.3) is 0 Å². The number of carbonyl (C=O) groups is 2. The molecule has 0 aromatic heterocycles. The van der Waals surface area contributed by atoms with Gasteiger partial charge in [-0.3, -0.25) is 4.79 Å². The Morgan fingerprint density at radius 3 is 3.05 bits per heavy atom. The van der Waals surface area contributed by atoms with E-state index in [0.29, 0.717) is 25.3 Å². The van der Waals surface area contributed by atoms with Crippen LogP contribution < -0.4 is 20.3 Å². The molecule has 3 N–H and O–H groups in total. The summed E-state index contributed by atoms with van der Waals surface area (Å²) in [6.07, 6.45) is 0.775. The van der Waals surface area contributed by atoms with Gasteiger partial charge in [0, 0.05) is 37.9 Å². The van der Waals surface area contributed by atoms with Gasteiger partial charge < -0.3 is 25.4 Å². The molecule has 0 unspecified atom stereocenters. The predicted octanol–water partition coefficient (Wildman–Crippen LogP) is 0.482. The van der Waals surface area contributed by atoms with Crippen molar-refractivity contribution in [3.8, 4) is 5.75 Å². The maximum absolute atomic E-state index is 12.1. The van der Waals surface area contributed by atoms with Gasteiger partial charge in [-0.25, -0.2) is 4.79 Å². The molecule has 0 spiro atoms. The Balaban J connectivity index is 1.91. The lowest BCUT2D eigenvalue weighted by Gasteiger charge is -2.18. The number of anilines is 1. The standard InChI is InChI=1S/C15H21N3O4/c1-22-13-5-2-4-12(9-13)18-10-11(8-14(18)20)17-15(21)16-6-3-7-19/h2,4-5,9,11,19H,3,6-8,10H2,1H3,(H2,16,17,21)/t11-/m1/s1. The molecule has 1 fully saturated rings. The van der Waals surface area contributed by atoms with Crippen LogP contribution in [0.1, 0.15) is 12.8 Å². The number of aliphatic hydroxyl groups excluding tert-OH is 1. The van der Waals surface area contributed by atoms with Crippen LogP contribution in [0.4, 0.5) is 10.5 Å². The summed E-state index contributed by atoms with van der Waals surface area (Å²) >= 11 is 0. The molecule has 0 saturated carbocycles. The highest BCUT2D eigenvalue weighted by Crippen LogP contribution is 2.25. The van der Waals surface area contributed by atoms with E-state index in [0.717, 1.165) is 5.69 Å². The minimum atomic E-state index is -0.321. The average Bonchev–Trinajstić information content (AvgIpc) is 2.88. The van der Waals surface area contributed by atoms with Crippen molar-refractivity contribution in [3.05, 3.63) is 24.3 Å². The first-order chi connectivity index (χ1) is 10.6. The second-order valence-electron chi connectivity index (χ2n) is 5.08. The second kappa shape index (κ2) is 7.65. The van der Waals surface area contributed by atoms with E-state index in [1.165, 1.54) is 0 Å². The molecule has 0 bridgehead atoms. The van der Waals surface area contributed by atoms with Crippen LogP contribution in [0.15, 0.2) is 24.3 Å². The monoisotopic (exact) mass is 307 g/mol. The van der Waals surface area contributed by atoms with Crippen LogP contribution in [-0.2, 0) is 4.79 Å². The zero-order valence-electron chi connectivity index (χ0n) is 12.5. The summed E-state index contributed by atoms with van der Waals surface area (Å²) in [6.45, 7) is 0.869. The maximum atomic E-state index is 12.1. The predicted molar refractivity (Wildman–Crippen MR) is 82.0 cm³/mol. The number of urea groups is 1. The first-order valence-corrected chi connectivity index (χ1v) is 7.23. The van der Waals surface area contributed by atoms with Gasteiger partial charge in [-0.15, -0.1) is 0 Å². The topological polar surface area (TPSA) is 90.9 Å². The number of nitrogens with one attached hydrogen (secondary N) is 2. The first kappa shape index (κ1) is 16.1. The van der Waals surface area contributed by atoms with Gasteiger partial charge in [-0.2, -0.15) is 0 Å². The number of carbonyl (C=O) groups excluding carboxylic acids is 2. The Morgan fingerprint density at radius 2 is 2.32 bits per heavy atom. The van der Waals surface area contributed by atoms with Crippen LogP contribution in [0.25, 0.3) is 0 Å². The van der Waals surface area contributed by atoms with Gasteiger partial charge in [0.15, 0.2) is 0 Å². The fraction of sp³-hybridized carbons (Fsp3) is 0.467. The SMILES string of the molecule is COc1cccc(N2C[C@H](NC(=O)NCCCO)CC2=O)c1. The molecule has 3 amide bonds. The lowest BCUT2D eigenvalue weighted by molar-refractivity contribution is -0.117. The number of rotatable bonds is 6. The number of methoxy groups -OCH3 is 1. The molecular formula is C15H21N3O4. The minimum absolute atomic E-state index is 0.0334. The van der Waals surface area contributed by atoms with Crippen LogP contribution >= 0.6 is 0 Å². The highest BCUT2D eigenvalue weighted by atomic mass is 16.5. The van der Waals surface area contributed by atoms with Crippen molar-refractivity contribution in [1.29, 1.82) is 0 Å². The Kier molecular flexibility index (Phi) is 5.60. The average molecular weight is 307 g/mol. The third kappa shape index (κ3) is 4.11. The van der Waals surface area contributed by atoms with Gasteiger partial charge >= 0.3 is 6.03 Å². The molecule has 22 heavy (non-hydrogen) atoms. The summed E-state index contributed by atoms with van der Waals surface area (Å²) in [5.74, 6) is 0.650. The molecule has 1 saturated heterocycles. The summed E-state index contributed by atoms with van der Waals surface area (Å²) in [7, 11) is 1.58. The minimum Gasteiger partial charge on any atom is -0.497 e. The van der Waals surface area contributed by atoms with Crippen molar-refractivity contribution in [1.82, 2.24) is 10.6 Å². The van der Waals surface area contributed by atoms with Gasteiger partial charge in [0.1, 0.15) is 5.75 Å². The van der Waals surface area contributed by atoms with Crippen LogP contribution in [-0.4, -0.2) is 49.9 Å². The highest BCUT2D eigenvalue weighted by Gasteiger charge is 2.31. The van der Waals surface area contributed by atoms with Crippen molar-refractivity contribution in [2.45, 2.75) is 18.9 Å². The number of hydrogen-bond acceptors (Lipinski definition) is 4. The number of benzene rings is 1. The second-order valence-corrected chi connectivity index (χ2v) is 5.08. The van der Waals surface area contributed by atoms with Crippen molar-refractivity contribution in [3.63, 3.8) is 0 Å². The van der Waals surface area contributed by atoms with E-state index >= 15 is 0 Å². The Morgan fingerprint density at radius 1 is 1.50 bits per heavy atom. The number of hydrogen-bond donors (Lipinski definition) is 3. The molecule has 0 radical (unpaired) electrons. The fourth-order valence-corrected chi connectivity index (χ4v) is 2.35. The number of ether oxygens (including phenoxy) is 1. The zero-order chi connectivity index (χ0) is 15.9. The van der Waals surface area contributed by atoms with E-state index in [2.05, 4.69) is 10.6 Å². The number of nitrogens with zero attached hydrogens (tertiary/aromatic N) is 1.